The summed E-state index contributed by atoms with van der Waals surface area (Å²) in [7, 11) is 0. The summed E-state index contributed by atoms with van der Waals surface area (Å²) >= 11 is 5.61. The smallest absolute Gasteiger partial charge is 0.124 e. The fraction of sp³-hybridized carbons (Fsp3) is 0. The van der Waals surface area contributed by atoms with Crippen LogP contribution in [0.2, 0.25) is 0 Å². The van der Waals surface area contributed by atoms with Gasteiger partial charge in [0.1, 0.15) is 3.70 Å². The van der Waals surface area contributed by atoms with Gasteiger partial charge in [-0.2, -0.15) is 0 Å². The standard InChI is InChI=1S/C8H4BrIN2/c9-6-2-1-3-7-5(6)4-8(10)12-11-7/h1-4H. The number of rotatable bonds is 0. The number of aromatic nitrogens is 2. The minimum absolute atomic E-state index is 0.909. The van der Waals surface area contributed by atoms with Crippen LogP contribution in [0.4, 0.5) is 0 Å². The van der Waals surface area contributed by atoms with Crippen LogP contribution in [0.1, 0.15) is 0 Å². The Bertz CT molecular complexity index is 430. The molecule has 0 saturated carbocycles. The molecule has 0 saturated heterocycles. The third kappa shape index (κ3) is 1.45. The Kier molecular flexibility index (Phi) is 2.27. The Morgan fingerprint density at radius 1 is 1.25 bits per heavy atom. The van der Waals surface area contributed by atoms with Crippen LogP contribution >= 0.6 is 38.5 Å². The van der Waals surface area contributed by atoms with E-state index < -0.39 is 0 Å². The summed E-state index contributed by atoms with van der Waals surface area (Å²) in [5, 5.41) is 9.13. The fourth-order valence-electron chi connectivity index (χ4n) is 1.01. The molecule has 0 unspecified atom stereocenters. The van der Waals surface area contributed by atoms with Gasteiger partial charge in [-0.1, -0.05) is 22.0 Å². The van der Waals surface area contributed by atoms with E-state index in [1.807, 2.05) is 24.3 Å². The van der Waals surface area contributed by atoms with Crippen molar-refractivity contribution >= 4 is 49.4 Å². The molecule has 2 nitrogen and oxygen atoms in total. The molecule has 60 valence electrons. The second-order valence-corrected chi connectivity index (χ2v) is 4.30. The molecule has 0 radical (unpaired) electrons. The average molecular weight is 335 g/mol. The highest BCUT2D eigenvalue weighted by atomic mass is 127. The maximum atomic E-state index is 4.05. The zero-order valence-corrected chi connectivity index (χ0v) is 9.70. The first-order valence-electron chi connectivity index (χ1n) is 3.35. The lowest BCUT2D eigenvalue weighted by molar-refractivity contribution is 1.04. The molecule has 0 fully saturated rings. The average Bonchev–Trinajstić information content (AvgIpc) is 2.07. The first-order chi connectivity index (χ1) is 5.77. The van der Waals surface area contributed by atoms with Gasteiger partial charge in [-0.25, -0.2) is 0 Å². The lowest BCUT2D eigenvalue weighted by Gasteiger charge is -1.97. The number of nitrogens with zero attached hydrogens (tertiary/aromatic N) is 2. The highest BCUT2D eigenvalue weighted by molar-refractivity contribution is 14.1. The molecule has 0 aliphatic heterocycles. The lowest BCUT2D eigenvalue weighted by Crippen LogP contribution is -1.87. The summed E-state index contributed by atoms with van der Waals surface area (Å²) in [6, 6.07) is 7.91. The van der Waals surface area contributed by atoms with Crippen molar-refractivity contribution < 1.29 is 0 Å². The molecule has 0 amide bonds. The van der Waals surface area contributed by atoms with Gasteiger partial charge >= 0.3 is 0 Å². The van der Waals surface area contributed by atoms with Gasteiger partial charge < -0.3 is 0 Å². The number of halogens is 2. The summed E-state index contributed by atoms with van der Waals surface area (Å²) in [4.78, 5) is 0. The maximum absolute atomic E-state index is 4.05. The van der Waals surface area contributed by atoms with Gasteiger partial charge in [0.2, 0.25) is 0 Å². The van der Waals surface area contributed by atoms with Crippen molar-refractivity contribution in [3.05, 3.63) is 32.4 Å². The van der Waals surface area contributed by atoms with Gasteiger partial charge in [0, 0.05) is 9.86 Å². The van der Waals surface area contributed by atoms with Crippen LogP contribution in [0.5, 0.6) is 0 Å². The van der Waals surface area contributed by atoms with E-state index in [4.69, 9.17) is 0 Å². The molecule has 0 bridgehead atoms. The molecule has 0 N–H and O–H groups in total. The van der Waals surface area contributed by atoms with Crippen molar-refractivity contribution in [1.82, 2.24) is 10.2 Å². The third-order valence-corrected chi connectivity index (χ3v) is 2.77. The Balaban J connectivity index is 2.88. The number of benzene rings is 1. The molecule has 0 aliphatic rings. The van der Waals surface area contributed by atoms with E-state index in [0.717, 1.165) is 19.1 Å². The van der Waals surface area contributed by atoms with Crippen molar-refractivity contribution in [2.75, 3.05) is 0 Å². The van der Waals surface area contributed by atoms with Gasteiger partial charge in [-0.05, 0) is 40.8 Å². The summed E-state index contributed by atoms with van der Waals surface area (Å²) in [6.45, 7) is 0. The number of hydrogen-bond donors (Lipinski definition) is 0. The maximum Gasteiger partial charge on any atom is 0.124 e. The monoisotopic (exact) mass is 334 g/mol. The van der Waals surface area contributed by atoms with Crippen LogP contribution < -0.4 is 0 Å². The molecule has 1 heterocycles. The topological polar surface area (TPSA) is 25.8 Å². The molecule has 0 atom stereocenters. The second-order valence-electron chi connectivity index (χ2n) is 2.34. The Labute approximate surface area is 91.7 Å². The molecule has 0 aliphatic carbocycles. The highest BCUT2D eigenvalue weighted by Gasteiger charge is 1.99. The highest BCUT2D eigenvalue weighted by Crippen LogP contribution is 2.22. The molecule has 1 aromatic heterocycles. The van der Waals surface area contributed by atoms with Gasteiger partial charge in [-0.15, -0.1) is 10.2 Å². The lowest BCUT2D eigenvalue weighted by atomic mass is 10.2. The van der Waals surface area contributed by atoms with Crippen molar-refractivity contribution in [2.45, 2.75) is 0 Å². The zero-order valence-electron chi connectivity index (χ0n) is 5.96. The number of hydrogen-bond acceptors (Lipinski definition) is 2. The molecule has 4 heteroatoms. The molecule has 1 aromatic carbocycles. The van der Waals surface area contributed by atoms with E-state index in [1.54, 1.807) is 0 Å². The van der Waals surface area contributed by atoms with E-state index in [0.29, 0.717) is 0 Å². The third-order valence-electron chi connectivity index (χ3n) is 1.55. The van der Waals surface area contributed by atoms with Crippen LogP contribution in [0.3, 0.4) is 0 Å². The van der Waals surface area contributed by atoms with Gasteiger partial charge in [0.15, 0.2) is 0 Å². The van der Waals surface area contributed by atoms with Crippen LogP contribution in [-0.2, 0) is 0 Å². The minimum Gasteiger partial charge on any atom is -0.149 e. The van der Waals surface area contributed by atoms with E-state index >= 15 is 0 Å². The van der Waals surface area contributed by atoms with Gasteiger partial charge in [0.25, 0.3) is 0 Å². The van der Waals surface area contributed by atoms with Crippen molar-refractivity contribution in [3.63, 3.8) is 0 Å². The Hall–Kier alpha value is -0.230. The molecule has 2 aromatic rings. The number of fused-ring (bicyclic) bond motifs is 1. The van der Waals surface area contributed by atoms with E-state index in [1.165, 1.54) is 0 Å². The van der Waals surface area contributed by atoms with Crippen LogP contribution in [0.25, 0.3) is 10.9 Å². The largest absolute Gasteiger partial charge is 0.149 e. The second kappa shape index (κ2) is 3.26. The zero-order chi connectivity index (χ0) is 8.55. The van der Waals surface area contributed by atoms with Crippen LogP contribution in [0, 0.1) is 3.70 Å². The molecule has 12 heavy (non-hydrogen) atoms. The van der Waals surface area contributed by atoms with E-state index in [9.17, 15) is 0 Å². The first kappa shape index (κ1) is 8.37. The summed E-state index contributed by atoms with van der Waals surface area (Å²) < 4.78 is 1.97. The summed E-state index contributed by atoms with van der Waals surface area (Å²) in [6.07, 6.45) is 0. The molecular weight excluding hydrogens is 331 g/mol. The van der Waals surface area contributed by atoms with E-state index in [2.05, 4.69) is 48.7 Å². The molecule has 2 rings (SSSR count). The van der Waals surface area contributed by atoms with Crippen molar-refractivity contribution in [3.8, 4) is 0 Å². The normalized spacial score (nSPS) is 10.5. The Morgan fingerprint density at radius 2 is 2.08 bits per heavy atom. The molecular formula is C8H4BrIN2. The van der Waals surface area contributed by atoms with Crippen molar-refractivity contribution in [2.24, 2.45) is 0 Å². The fourth-order valence-corrected chi connectivity index (χ4v) is 1.89. The predicted octanol–water partition coefficient (Wildman–Crippen LogP) is 3.00. The molecule has 0 spiro atoms. The van der Waals surface area contributed by atoms with Crippen LogP contribution in [-0.4, -0.2) is 10.2 Å². The van der Waals surface area contributed by atoms with Gasteiger partial charge in [-0.3, -0.25) is 0 Å². The SMILES string of the molecule is Brc1cccc2nnc(I)cc12. The summed E-state index contributed by atoms with van der Waals surface area (Å²) in [5.74, 6) is 0. The van der Waals surface area contributed by atoms with Crippen molar-refractivity contribution in [1.29, 1.82) is 0 Å². The first-order valence-corrected chi connectivity index (χ1v) is 5.22. The van der Waals surface area contributed by atoms with Crippen LogP contribution in [0.15, 0.2) is 28.7 Å². The Morgan fingerprint density at radius 3 is 2.92 bits per heavy atom. The predicted molar refractivity (Wildman–Crippen MR) is 60.0 cm³/mol. The minimum atomic E-state index is 0.909. The summed E-state index contributed by atoms with van der Waals surface area (Å²) in [5.41, 5.74) is 0.921. The van der Waals surface area contributed by atoms with E-state index in [-0.39, 0.29) is 0 Å². The quantitative estimate of drug-likeness (QED) is 0.692. The van der Waals surface area contributed by atoms with Gasteiger partial charge in [0.05, 0.1) is 5.52 Å².